The van der Waals surface area contributed by atoms with Gasteiger partial charge in [-0.05, 0) is 24.1 Å². The lowest BCUT2D eigenvalue weighted by Crippen LogP contribution is -2.32. The van der Waals surface area contributed by atoms with E-state index >= 15 is 0 Å². The molecule has 1 aromatic carbocycles. The molecule has 0 spiro atoms. The molecule has 0 fully saturated rings. The van der Waals surface area contributed by atoms with Crippen LogP contribution in [0.2, 0.25) is 0 Å². The van der Waals surface area contributed by atoms with Crippen molar-refractivity contribution in [2.24, 2.45) is 5.73 Å². The average Bonchev–Trinajstić information content (AvgIpc) is 2.22. The van der Waals surface area contributed by atoms with Gasteiger partial charge in [-0.25, -0.2) is 0 Å². The van der Waals surface area contributed by atoms with Crippen molar-refractivity contribution in [2.45, 2.75) is 19.4 Å². The fraction of sp³-hybridized carbons (Fsp3) is 0.273. The number of carboxylic acids is 1. The quantitative estimate of drug-likeness (QED) is 0.564. The summed E-state index contributed by atoms with van der Waals surface area (Å²) in [5, 5.41) is 20.6. The zero-order valence-corrected chi connectivity index (χ0v) is 9.30. The Hall–Kier alpha value is -2.08. The molecule has 1 rings (SSSR count). The van der Waals surface area contributed by atoms with E-state index in [1.54, 1.807) is 6.07 Å². The highest BCUT2D eigenvalue weighted by molar-refractivity contribution is 5.90. The zero-order chi connectivity index (χ0) is 13.0. The third-order valence-corrected chi connectivity index (χ3v) is 2.14. The number of aromatic hydroxyl groups is 1. The topological polar surface area (TPSA) is 113 Å². The first-order chi connectivity index (χ1) is 7.90. The lowest BCUT2D eigenvalue weighted by molar-refractivity contribution is -0.138. The molecule has 1 atom stereocenters. The minimum atomic E-state index is -1.10. The molecule has 5 N–H and O–H groups in total. The molecule has 0 heterocycles. The number of carbonyl (C=O) groups is 2. The van der Waals surface area contributed by atoms with Gasteiger partial charge in [-0.1, -0.05) is 6.07 Å². The van der Waals surface area contributed by atoms with E-state index in [9.17, 15) is 14.7 Å². The summed E-state index contributed by atoms with van der Waals surface area (Å²) >= 11 is 0. The van der Waals surface area contributed by atoms with Crippen molar-refractivity contribution < 1.29 is 19.8 Å². The summed E-state index contributed by atoms with van der Waals surface area (Å²) in [6, 6.07) is 3.43. The highest BCUT2D eigenvalue weighted by Gasteiger charge is 2.13. The van der Waals surface area contributed by atoms with Crippen LogP contribution in [0.5, 0.6) is 5.75 Å². The second kappa shape index (κ2) is 5.31. The van der Waals surface area contributed by atoms with Crippen LogP contribution in [-0.2, 0) is 16.0 Å². The van der Waals surface area contributed by atoms with Gasteiger partial charge < -0.3 is 21.3 Å². The number of anilines is 1. The largest absolute Gasteiger partial charge is 0.506 e. The molecule has 0 saturated heterocycles. The van der Waals surface area contributed by atoms with Gasteiger partial charge in [-0.15, -0.1) is 0 Å². The maximum absolute atomic E-state index is 10.9. The number of rotatable bonds is 4. The highest BCUT2D eigenvalue weighted by Crippen LogP contribution is 2.24. The van der Waals surface area contributed by atoms with Crippen molar-refractivity contribution >= 4 is 17.6 Å². The van der Waals surface area contributed by atoms with Gasteiger partial charge in [0.2, 0.25) is 5.91 Å². The van der Waals surface area contributed by atoms with Crippen molar-refractivity contribution in [2.75, 3.05) is 5.32 Å². The van der Waals surface area contributed by atoms with Crippen molar-refractivity contribution in [3.8, 4) is 5.75 Å². The Labute approximate surface area is 98.1 Å². The number of nitrogens with two attached hydrogens (primary N) is 1. The molecule has 1 amide bonds. The lowest BCUT2D eigenvalue weighted by Gasteiger charge is -2.10. The third-order valence-electron chi connectivity index (χ3n) is 2.14. The van der Waals surface area contributed by atoms with Gasteiger partial charge in [-0.2, -0.15) is 0 Å². The Morgan fingerprint density at radius 2 is 2.12 bits per heavy atom. The maximum atomic E-state index is 10.9. The van der Waals surface area contributed by atoms with Crippen LogP contribution < -0.4 is 11.1 Å². The lowest BCUT2D eigenvalue weighted by atomic mass is 10.1. The second-order valence-electron chi connectivity index (χ2n) is 3.68. The predicted octanol–water partition coefficient (Wildman–Crippen LogP) is 0.305. The number of carbonyl (C=O) groups excluding carboxylic acids is 1. The molecule has 17 heavy (non-hydrogen) atoms. The number of carboxylic acid groups (broad SMARTS) is 1. The number of aliphatic carboxylic acids is 1. The number of nitrogens with one attached hydrogen (secondary N) is 1. The van der Waals surface area contributed by atoms with E-state index in [1.165, 1.54) is 19.1 Å². The summed E-state index contributed by atoms with van der Waals surface area (Å²) in [4.78, 5) is 21.5. The SMILES string of the molecule is CC(=O)Nc1cc(C[C@H](N)C(=O)O)ccc1O. The molecular weight excluding hydrogens is 224 g/mol. The first-order valence-corrected chi connectivity index (χ1v) is 4.98. The summed E-state index contributed by atoms with van der Waals surface area (Å²) < 4.78 is 0. The Morgan fingerprint density at radius 3 is 2.65 bits per heavy atom. The van der Waals surface area contributed by atoms with Crippen molar-refractivity contribution in [3.63, 3.8) is 0 Å². The van der Waals surface area contributed by atoms with E-state index in [2.05, 4.69) is 5.32 Å². The molecule has 1 aromatic rings. The van der Waals surface area contributed by atoms with Crippen LogP contribution in [-0.4, -0.2) is 28.1 Å². The van der Waals surface area contributed by atoms with Crippen LogP contribution in [0.15, 0.2) is 18.2 Å². The van der Waals surface area contributed by atoms with Crippen molar-refractivity contribution in [3.05, 3.63) is 23.8 Å². The minimum Gasteiger partial charge on any atom is -0.506 e. The number of benzene rings is 1. The van der Waals surface area contributed by atoms with Crippen LogP contribution in [0.25, 0.3) is 0 Å². The van der Waals surface area contributed by atoms with Gasteiger partial charge in [-0.3, -0.25) is 9.59 Å². The van der Waals surface area contributed by atoms with E-state index in [1.807, 2.05) is 0 Å². The van der Waals surface area contributed by atoms with E-state index < -0.39 is 12.0 Å². The smallest absolute Gasteiger partial charge is 0.320 e. The number of hydrogen-bond acceptors (Lipinski definition) is 4. The normalized spacial score (nSPS) is 11.9. The fourth-order valence-corrected chi connectivity index (χ4v) is 1.34. The molecule has 6 heteroatoms. The van der Waals surface area contributed by atoms with E-state index in [0.717, 1.165) is 0 Å². The summed E-state index contributed by atoms with van der Waals surface area (Å²) in [5.41, 5.74) is 6.26. The molecule has 0 radical (unpaired) electrons. The highest BCUT2D eigenvalue weighted by atomic mass is 16.4. The molecule has 0 saturated carbocycles. The first kappa shape index (κ1) is 13.0. The van der Waals surface area contributed by atoms with Gasteiger partial charge in [0.05, 0.1) is 5.69 Å². The van der Waals surface area contributed by atoms with Crippen LogP contribution in [0.4, 0.5) is 5.69 Å². The Morgan fingerprint density at radius 1 is 1.47 bits per heavy atom. The second-order valence-corrected chi connectivity index (χ2v) is 3.68. The van der Waals surface area contributed by atoms with E-state index in [4.69, 9.17) is 10.8 Å². The van der Waals surface area contributed by atoms with E-state index in [-0.39, 0.29) is 23.8 Å². The molecule has 0 bridgehead atoms. The van der Waals surface area contributed by atoms with Gasteiger partial charge in [0, 0.05) is 6.92 Å². The molecule has 0 unspecified atom stereocenters. The molecule has 0 aliphatic carbocycles. The minimum absolute atomic E-state index is 0.0761. The van der Waals surface area contributed by atoms with Crippen LogP contribution in [0.3, 0.4) is 0 Å². The third kappa shape index (κ3) is 3.76. The molecular formula is C11H14N2O4. The van der Waals surface area contributed by atoms with Crippen LogP contribution in [0.1, 0.15) is 12.5 Å². The number of phenols is 1. The summed E-state index contributed by atoms with van der Waals surface area (Å²) in [5.74, 6) is -1.49. The predicted molar refractivity (Wildman–Crippen MR) is 61.7 cm³/mol. The van der Waals surface area contributed by atoms with Crippen molar-refractivity contribution in [1.29, 1.82) is 0 Å². The Bertz CT molecular complexity index is 445. The fourth-order valence-electron chi connectivity index (χ4n) is 1.34. The Kier molecular flexibility index (Phi) is 4.06. The van der Waals surface area contributed by atoms with Crippen molar-refractivity contribution in [1.82, 2.24) is 0 Å². The van der Waals surface area contributed by atoms with Crippen LogP contribution >= 0.6 is 0 Å². The van der Waals surface area contributed by atoms with E-state index in [0.29, 0.717) is 5.56 Å². The van der Waals surface area contributed by atoms with Gasteiger partial charge in [0.15, 0.2) is 0 Å². The van der Waals surface area contributed by atoms with Crippen LogP contribution in [0, 0.1) is 0 Å². The van der Waals surface area contributed by atoms with Gasteiger partial charge in [0.1, 0.15) is 11.8 Å². The number of amides is 1. The molecule has 0 aliphatic heterocycles. The standard InChI is InChI=1S/C11H14N2O4/c1-6(14)13-9-5-7(2-3-10(9)15)4-8(12)11(16)17/h2-3,5,8,15H,4,12H2,1H3,(H,13,14)(H,16,17)/t8-/m0/s1. The van der Waals surface area contributed by atoms with Gasteiger partial charge in [0.25, 0.3) is 0 Å². The Balaban J connectivity index is 2.88. The number of hydrogen-bond donors (Lipinski definition) is 4. The average molecular weight is 238 g/mol. The number of phenolic OH excluding ortho intramolecular Hbond substituents is 1. The summed E-state index contributed by atoms with van der Waals surface area (Å²) in [6.07, 6.45) is 0.127. The maximum Gasteiger partial charge on any atom is 0.320 e. The van der Waals surface area contributed by atoms with Gasteiger partial charge >= 0.3 is 5.97 Å². The summed E-state index contributed by atoms with van der Waals surface area (Å²) in [6.45, 7) is 1.31. The zero-order valence-electron chi connectivity index (χ0n) is 9.30. The molecule has 0 aliphatic rings. The molecule has 6 nitrogen and oxygen atoms in total. The monoisotopic (exact) mass is 238 g/mol. The first-order valence-electron chi connectivity index (χ1n) is 4.98. The summed E-state index contributed by atoms with van der Waals surface area (Å²) in [7, 11) is 0. The molecule has 92 valence electrons. The molecule has 0 aromatic heterocycles.